The smallest absolute Gasteiger partial charge is 0.168 e. The van der Waals surface area contributed by atoms with Gasteiger partial charge in [-0.25, -0.2) is 13.2 Å². The van der Waals surface area contributed by atoms with Gasteiger partial charge >= 0.3 is 0 Å². The van der Waals surface area contributed by atoms with Gasteiger partial charge in [-0.3, -0.25) is 4.98 Å². The highest BCUT2D eigenvalue weighted by Gasteiger charge is 2.15. The molecule has 0 bridgehead atoms. The second-order valence-electron chi connectivity index (χ2n) is 3.04. The van der Waals surface area contributed by atoms with E-state index in [-0.39, 0.29) is 23.0 Å². The molecule has 5 heteroatoms. The van der Waals surface area contributed by atoms with Gasteiger partial charge in [0.1, 0.15) is 5.82 Å². The molecule has 0 radical (unpaired) electrons. The van der Waals surface area contributed by atoms with Gasteiger partial charge in [-0.05, 0) is 6.07 Å². The Balaban J connectivity index is 2.96. The minimum atomic E-state index is -1.23. The Morgan fingerprint density at radius 3 is 2.60 bits per heavy atom. The van der Waals surface area contributed by atoms with Crippen molar-refractivity contribution in [2.24, 2.45) is 5.73 Å². The molecular formula is C10H7F3N2. The number of nitrogens with two attached hydrogens (primary N) is 1. The van der Waals surface area contributed by atoms with Crippen molar-refractivity contribution in [2.45, 2.75) is 6.54 Å². The van der Waals surface area contributed by atoms with Crippen molar-refractivity contribution in [1.82, 2.24) is 4.98 Å². The predicted octanol–water partition coefficient (Wildman–Crippen LogP) is 2.11. The SMILES string of the molecule is NCc1nccc2c(F)cc(F)c(F)c12. The van der Waals surface area contributed by atoms with Crippen molar-refractivity contribution in [1.29, 1.82) is 0 Å². The average molecular weight is 212 g/mol. The normalized spacial score (nSPS) is 10.9. The van der Waals surface area contributed by atoms with Gasteiger partial charge in [0.05, 0.1) is 5.69 Å². The van der Waals surface area contributed by atoms with E-state index in [1.165, 1.54) is 12.3 Å². The van der Waals surface area contributed by atoms with Crippen molar-refractivity contribution >= 4 is 10.8 Å². The van der Waals surface area contributed by atoms with E-state index in [1.54, 1.807) is 0 Å². The molecule has 0 fully saturated rings. The third-order valence-corrected chi connectivity index (χ3v) is 2.16. The molecule has 1 aromatic heterocycles. The summed E-state index contributed by atoms with van der Waals surface area (Å²) >= 11 is 0. The highest BCUT2D eigenvalue weighted by molar-refractivity contribution is 5.85. The molecule has 0 aliphatic carbocycles. The van der Waals surface area contributed by atoms with E-state index in [9.17, 15) is 13.2 Å². The highest BCUT2D eigenvalue weighted by atomic mass is 19.2. The van der Waals surface area contributed by atoms with E-state index in [1.807, 2.05) is 0 Å². The maximum absolute atomic E-state index is 13.4. The van der Waals surface area contributed by atoms with E-state index < -0.39 is 17.5 Å². The topological polar surface area (TPSA) is 38.9 Å². The van der Waals surface area contributed by atoms with E-state index >= 15 is 0 Å². The first-order chi connectivity index (χ1) is 7.15. The number of hydrogen-bond donors (Lipinski definition) is 1. The average Bonchev–Trinajstić information content (AvgIpc) is 2.25. The molecule has 0 atom stereocenters. The number of benzene rings is 1. The molecule has 2 aromatic rings. The molecule has 0 saturated heterocycles. The Labute approximate surface area is 83.5 Å². The first-order valence-corrected chi connectivity index (χ1v) is 4.26. The van der Waals surface area contributed by atoms with Gasteiger partial charge < -0.3 is 5.73 Å². The van der Waals surface area contributed by atoms with Gasteiger partial charge in [-0.15, -0.1) is 0 Å². The zero-order valence-corrected chi connectivity index (χ0v) is 7.60. The quantitative estimate of drug-likeness (QED) is 0.735. The van der Waals surface area contributed by atoms with Crippen LogP contribution in [0.2, 0.25) is 0 Å². The van der Waals surface area contributed by atoms with Crippen molar-refractivity contribution in [3.05, 3.63) is 41.5 Å². The molecule has 0 saturated carbocycles. The fourth-order valence-electron chi connectivity index (χ4n) is 1.48. The number of nitrogens with zero attached hydrogens (tertiary/aromatic N) is 1. The molecule has 0 amide bonds. The minimum absolute atomic E-state index is 0.00986. The Bertz CT molecular complexity index is 526. The van der Waals surface area contributed by atoms with E-state index in [0.717, 1.165) is 0 Å². The molecule has 2 nitrogen and oxygen atoms in total. The molecule has 0 spiro atoms. The van der Waals surface area contributed by atoms with Gasteiger partial charge in [0, 0.05) is 29.6 Å². The second kappa shape index (κ2) is 3.51. The van der Waals surface area contributed by atoms with Crippen LogP contribution in [-0.4, -0.2) is 4.98 Å². The molecule has 1 aromatic carbocycles. The van der Waals surface area contributed by atoms with Crippen LogP contribution in [0.15, 0.2) is 18.3 Å². The zero-order chi connectivity index (χ0) is 11.0. The summed E-state index contributed by atoms with van der Waals surface area (Å²) in [6.07, 6.45) is 1.31. The van der Waals surface area contributed by atoms with Crippen molar-refractivity contribution in [3.8, 4) is 0 Å². The van der Waals surface area contributed by atoms with Crippen molar-refractivity contribution < 1.29 is 13.2 Å². The van der Waals surface area contributed by atoms with Crippen LogP contribution in [0, 0.1) is 17.5 Å². The number of hydrogen-bond acceptors (Lipinski definition) is 2. The molecule has 1 heterocycles. The van der Waals surface area contributed by atoms with Gasteiger partial charge in [0.2, 0.25) is 0 Å². The molecule has 0 unspecified atom stereocenters. The highest BCUT2D eigenvalue weighted by Crippen LogP contribution is 2.25. The lowest BCUT2D eigenvalue weighted by Crippen LogP contribution is -2.03. The fraction of sp³-hybridized carbons (Fsp3) is 0.100. The van der Waals surface area contributed by atoms with Crippen LogP contribution in [-0.2, 0) is 6.54 Å². The van der Waals surface area contributed by atoms with E-state index in [0.29, 0.717) is 6.07 Å². The lowest BCUT2D eigenvalue weighted by atomic mass is 10.1. The monoisotopic (exact) mass is 212 g/mol. The van der Waals surface area contributed by atoms with Gasteiger partial charge in [-0.1, -0.05) is 0 Å². The fourth-order valence-corrected chi connectivity index (χ4v) is 1.48. The van der Waals surface area contributed by atoms with Crippen LogP contribution in [0.1, 0.15) is 5.69 Å². The van der Waals surface area contributed by atoms with Crippen LogP contribution < -0.4 is 5.73 Å². The van der Waals surface area contributed by atoms with E-state index in [2.05, 4.69) is 4.98 Å². The predicted molar refractivity (Wildman–Crippen MR) is 49.5 cm³/mol. The minimum Gasteiger partial charge on any atom is -0.325 e. The third-order valence-electron chi connectivity index (χ3n) is 2.16. The Hall–Kier alpha value is -1.62. The molecule has 2 N–H and O–H groups in total. The lowest BCUT2D eigenvalue weighted by molar-refractivity contribution is 0.505. The second-order valence-corrected chi connectivity index (χ2v) is 3.04. The summed E-state index contributed by atoms with van der Waals surface area (Å²) < 4.78 is 39.6. The summed E-state index contributed by atoms with van der Waals surface area (Å²) in [6, 6.07) is 1.80. The van der Waals surface area contributed by atoms with Crippen LogP contribution in [0.4, 0.5) is 13.2 Å². The molecule has 78 valence electrons. The first kappa shape index (κ1) is 9.92. The maximum atomic E-state index is 13.4. The molecule has 2 rings (SSSR count). The molecule has 0 aliphatic rings. The van der Waals surface area contributed by atoms with Crippen molar-refractivity contribution in [2.75, 3.05) is 0 Å². The van der Waals surface area contributed by atoms with Crippen LogP contribution >= 0.6 is 0 Å². The summed E-state index contributed by atoms with van der Waals surface area (Å²) in [5.41, 5.74) is 5.45. The Morgan fingerprint density at radius 1 is 1.20 bits per heavy atom. The van der Waals surface area contributed by atoms with Gasteiger partial charge in [-0.2, -0.15) is 0 Å². The standard InChI is InChI=1S/C10H7F3N2/c11-6-3-7(12)10(13)9-5(6)1-2-15-8(9)4-14/h1-3H,4,14H2. The summed E-state index contributed by atoms with van der Waals surface area (Å²) in [5, 5.41) is -0.193. The zero-order valence-electron chi connectivity index (χ0n) is 7.60. The number of aromatic nitrogens is 1. The Morgan fingerprint density at radius 2 is 1.93 bits per heavy atom. The molecule has 0 aliphatic heterocycles. The van der Waals surface area contributed by atoms with Crippen LogP contribution in [0.3, 0.4) is 0 Å². The molecule has 15 heavy (non-hydrogen) atoms. The number of pyridine rings is 1. The lowest BCUT2D eigenvalue weighted by Gasteiger charge is -2.05. The maximum Gasteiger partial charge on any atom is 0.168 e. The van der Waals surface area contributed by atoms with Crippen LogP contribution in [0.25, 0.3) is 10.8 Å². The molecular weight excluding hydrogens is 205 g/mol. The summed E-state index contributed by atoms with van der Waals surface area (Å²) in [5.74, 6) is -3.16. The van der Waals surface area contributed by atoms with Gasteiger partial charge in [0.25, 0.3) is 0 Å². The number of rotatable bonds is 1. The van der Waals surface area contributed by atoms with E-state index in [4.69, 9.17) is 5.73 Å². The van der Waals surface area contributed by atoms with Crippen molar-refractivity contribution in [3.63, 3.8) is 0 Å². The Kier molecular flexibility index (Phi) is 2.32. The summed E-state index contributed by atoms with van der Waals surface area (Å²) in [4.78, 5) is 3.77. The number of halogens is 3. The van der Waals surface area contributed by atoms with Crippen LogP contribution in [0.5, 0.6) is 0 Å². The summed E-state index contributed by atoms with van der Waals surface area (Å²) in [7, 11) is 0. The largest absolute Gasteiger partial charge is 0.325 e. The number of fused-ring (bicyclic) bond motifs is 1. The third kappa shape index (κ3) is 1.45. The van der Waals surface area contributed by atoms with Gasteiger partial charge in [0.15, 0.2) is 11.6 Å². The first-order valence-electron chi connectivity index (χ1n) is 4.26. The summed E-state index contributed by atoms with van der Waals surface area (Å²) in [6.45, 7) is -0.0723.